The zero-order chi connectivity index (χ0) is 18.6. The highest BCUT2D eigenvalue weighted by atomic mass is 16.2. The highest BCUT2D eigenvalue weighted by Crippen LogP contribution is 2.30. The summed E-state index contributed by atoms with van der Waals surface area (Å²) in [5.41, 5.74) is 0.887. The first kappa shape index (κ1) is 19.3. The number of likely N-dealkylation sites (tertiary alicyclic amines) is 1. The topological polar surface area (TPSA) is 75.2 Å². The number of carbonyl (C=O) groups is 2. The minimum Gasteiger partial charge on any atom is -0.354 e. The predicted octanol–water partition coefficient (Wildman–Crippen LogP) is 2.12. The van der Waals surface area contributed by atoms with Gasteiger partial charge >= 0.3 is 0 Å². The third-order valence-corrected chi connectivity index (χ3v) is 5.06. The van der Waals surface area contributed by atoms with Crippen molar-refractivity contribution in [3.63, 3.8) is 0 Å². The van der Waals surface area contributed by atoms with Gasteiger partial charge in [-0.3, -0.25) is 9.59 Å². The van der Waals surface area contributed by atoms with Crippen LogP contribution < -0.4 is 5.32 Å². The van der Waals surface area contributed by atoms with Crippen LogP contribution in [0.5, 0.6) is 0 Å². The monoisotopic (exact) mass is 346 g/mol. The number of hydrogen-bond acceptors (Lipinski definition) is 4. The van der Waals surface area contributed by atoms with Crippen LogP contribution in [0.15, 0.2) is 12.4 Å². The van der Waals surface area contributed by atoms with Crippen LogP contribution in [-0.4, -0.2) is 45.8 Å². The minimum atomic E-state index is -0.341. The molecule has 2 amide bonds. The van der Waals surface area contributed by atoms with Gasteiger partial charge in [0.2, 0.25) is 11.8 Å². The second kappa shape index (κ2) is 7.93. The molecule has 1 saturated heterocycles. The number of aryl methyl sites for hydroxylation is 1. The fourth-order valence-corrected chi connectivity index (χ4v) is 2.92. The molecule has 2 heterocycles. The Morgan fingerprint density at radius 3 is 2.56 bits per heavy atom. The number of rotatable bonds is 5. The highest BCUT2D eigenvalue weighted by molar-refractivity contribution is 5.89. The number of carbonyl (C=O) groups excluding carboxylic acids is 2. The molecule has 1 N–H and O–H groups in total. The van der Waals surface area contributed by atoms with Gasteiger partial charge in [-0.2, -0.15) is 0 Å². The Labute approximate surface area is 150 Å². The normalized spacial score (nSPS) is 18.9. The molecule has 0 spiro atoms. The number of amides is 2. The number of hydrogen-bond donors (Lipinski definition) is 1. The zero-order valence-corrected chi connectivity index (χ0v) is 16.0. The molecule has 0 aliphatic carbocycles. The van der Waals surface area contributed by atoms with Crippen LogP contribution >= 0.6 is 0 Å². The lowest BCUT2D eigenvalue weighted by atomic mass is 9.81. The van der Waals surface area contributed by atoms with Gasteiger partial charge in [0, 0.05) is 31.4 Å². The molecule has 6 nitrogen and oxygen atoms in total. The van der Waals surface area contributed by atoms with E-state index < -0.39 is 0 Å². The van der Waals surface area contributed by atoms with Crippen molar-refractivity contribution in [2.24, 2.45) is 11.3 Å². The van der Waals surface area contributed by atoms with Crippen LogP contribution in [0.25, 0.3) is 0 Å². The molecule has 1 unspecified atom stereocenters. The van der Waals surface area contributed by atoms with E-state index in [2.05, 4.69) is 36.1 Å². The number of aromatic nitrogens is 2. The summed E-state index contributed by atoms with van der Waals surface area (Å²) in [6.45, 7) is 11.2. The maximum absolute atomic E-state index is 12.8. The first-order chi connectivity index (χ1) is 11.7. The lowest BCUT2D eigenvalue weighted by Crippen LogP contribution is -2.49. The van der Waals surface area contributed by atoms with E-state index >= 15 is 0 Å². The second-order valence-corrected chi connectivity index (χ2v) is 7.96. The Balaban J connectivity index is 1.89. The summed E-state index contributed by atoms with van der Waals surface area (Å²) in [6.07, 6.45) is 5.87. The summed E-state index contributed by atoms with van der Waals surface area (Å²) >= 11 is 0. The van der Waals surface area contributed by atoms with Crippen LogP contribution in [0.4, 0.5) is 0 Å². The fraction of sp³-hybridized carbons (Fsp3) is 0.684. The lowest BCUT2D eigenvalue weighted by molar-refractivity contribution is -0.143. The Bertz CT molecular complexity index is 607. The molecular weight excluding hydrogens is 316 g/mol. The summed E-state index contributed by atoms with van der Waals surface area (Å²) in [6, 6.07) is -0.341. The van der Waals surface area contributed by atoms with E-state index in [1.807, 2.05) is 13.8 Å². The van der Waals surface area contributed by atoms with Gasteiger partial charge in [0.1, 0.15) is 11.9 Å². The van der Waals surface area contributed by atoms with Crippen molar-refractivity contribution in [3.8, 4) is 0 Å². The van der Waals surface area contributed by atoms with Crippen LogP contribution in [-0.2, 0) is 16.0 Å². The summed E-state index contributed by atoms with van der Waals surface area (Å²) in [7, 11) is 0. The third kappa shape index (κ3) is 5.00. The second-order valence-electron chi connectivity index (χ2n) is 7.96. The van der Waals surface area contributed by atoms with Crippen molar-refractivity contribution >= 4 is 11.8 Å². The minimum absolute atomic E-state index is 0.0556. The lowest BCUT2D eigenvalue weighted by Gasteiger charge is -2.32. The zero-order valence-electron chi connectivity index (χ0n) is 16.0. The van der Waals surface area contributed by atoms with E-state index in [1.165, 1.54) is 0 Å². The molecule has 25 heavy (non-hydrogen) atoms. The molecule has 0 saturated carbocycles. The average Bonchev–Trinajstić information content (AvgIpc) is 3.04. The molecule has 0 bridgehead atoms. The van der Waals surface area contributed by atoms with Gasteiger partial charge in [0.15, 0.2) is 0 Å². The molecule has 1 fully saturated rings. The summed E-state index contributed by atoms with van der Waals surface area (Å²) in [5, 5.41) is 2.96. The summed E-state index contributed by atoms with van der Waals surface area (Å²) < 4.78 is 0. The standard InChI is InChI=1S/C19H30N4O2/c1-13(19(3,4)5)18(25)23-10-6-7-16(23)17(24)20-9-8-15-11-21-14(2)22-12-15/h11-13,16H,6-10H2,1-5H3,(H,20,24)/t13?,16-/m0/s1. The van der Waals surface area contributed by atoms with Gasteiger partial charge in [0.25, 0.3) is 0 Å². The number of nitrogens with one attached hydrogen (secondary N) is 1. The first-order valence-electron chi connectivity index (χ1n) is 9.06. The van der Waals surface area contributed by atoms with Gasteiger partial charge in [-0.1, -0.05) is 27.7 Å². The summed E-state index contributed by atoms with van der Waals surface area (Å²) in [4.78, 5) is 35.4. The van der Waals surface area contributed by atoms with Crippen LogP contribution in [0, 0.1) is 18.3 Å². The highest BCUT2D eigenvalue weighted by Gasteiger charge is 2.38. The van der Waals surface area contributed by atoms with Crippen LogP contribution in [0.1, 0.15) is 51.9 Å². The van der Waals surface area contributed by atoms with Crippen molar-refractivity contribution in [2.75, 3.05) is 13.1 Å². The molecule has 0 radical (unpaired) electrons. The van der Waals surface area contributed by atoms with E-state index in [0.717, 1.165) is 24.2 Å². The molecule has 0 aromatic carbocycles. The first-order valence-corrected chi connectivity index (χ1v) is 9.06. The van der Waals surface area contributed by atoms with E-state index in [9.17, 15) is 9.59 Å². The van der Waals surface area contributed by atoms with Gasteiger partial charge in [-0.05, 0) is 37.2 Å². The van der Waals surface area contributed by atoms with Crippen molar-refractivity contribution in [2.45, 2.75) is 59.9 Å². The molecule has 1 aliphatic rings. The van der Waals surface area contributed by atoms with Crippen LogP contribution in [0.3, 0.4) is 0 Å². The van der Waals surface area contributed by atoms with E-state index in [4.69, 9.17) is 0 Å². The summed E-state index contributed by atoms with van der Waals surface area (Å²) in [5.74, 6) is 0.656. The quantitative estimate of drug-likeness (QED) is 0.886. The van der Waals surface area contributed by atoms with Crippen molar-refractivity contribution in [1.82, 2.24) is 20.2 Å². The molecule has 1 aromatic heterocycles. The Morgan fingerprint density at radius 2 is 1.96 bits per heavy atom. The molecule has 2 rings (SSSR count). The van der Waals surface area contributed by atoms with Gasteiger partial charge < -0.3 is 10.2 Å². The van der Waals surface area contributed by atoms with E-state index in [1.54, 1.807) is 17.3 Å². The van der Waals surface area contributed by atoms with Gasteiger partial charge in [0.05, 0.1) is 0 Å². The Kier molecular flexibility index (Phi) is 6.14. The maximum atomic E-state index is 12.8. The van der Waals surface area contributed by atoms with Crippen LogP contribution in [0.2, 0.25) is 0 Å². The van der Waals surface area contributed by atoms with Crippen molar-refractivity contribution in [3.05, 3.63) is 23.8 Å². The molecular formula is C19H30N4O2. The largest absolute Gasteiger partial charge is 0.354 e. The van der Waals surface area contributed by atoms with E-state index in [-0.39, 0.29) is 29.2 Å². The van der Waals surface area contributed by atoms with Crippen molar-refractivity contribution in [1.29, 1.82) is 0 Å². The Hall–Kier alpha value is -1.98. The SMILES string of the molecule is Cc1ncc(CCNC(=O)[C@@H]2CCCN2C(=O)C(C)C(C)(C)C)cn1. The smallest absolute Gasteiger partial charge is 0.242 e. The molecule has 2 atom stereocenters. The molecule has 1 aliphatic heterocycles. The van der Waals surface area contributed by atoms with E-state index in [0.29, 0.717) is 19.5 Å². The Morgan fingerprint density at radius 1 is 1.32 bits per heavy atom. The average molecular weight is 346 g/mol. The van der Waals surface area contributed by atoms with Crippen molar-refractivity contribution < 1.29 is 9.59 Å². The predicted molar refractivity (Wildman–Crippen MR) is 96.8 cm³/mol. The molecule has 1 aromatic rings. The third-order valence-electron chi connectivity index (χ3n) is 5.06. The number of nitrogens with zero attached hydrogens (tertiary/aromatic N) is 3. The van der Waals surface area contributed by atoms with Gasteiger partial charge in [-0.25, -0.2) is 9.97 Å². The molecule has 138 valence electrons. The molecule has 6 heteroatoms. The maximum Gasteiger partial charge on any atom is 0.242 e. The fourth-order valence-electron chi connectivity index (χ4n) is 2.92. The van der Waals surface area contributed by atoms with Gasteiger partial charge in [-0.15, -0.1) is 0 Å².